The minimum absolute atomic E-state index is 0.0685. The first kappa shape index (κ1) is 13.0. The Morgan fingerprint density at radius 3 is 3.10 bits per heavy atom. The van der Waals surface area contributed by atoms with Crippen LogP contribution in [0, 0.1) is 18.3 Å². The van der Waals surface area contributed by atoms with Crippen LogP contribution >= 0.6 is 22.7 Å². The van der Waals surface area contributed by atoms with Crippen LogP contribution in [-0.2, 0) is 4.79 Å². The second-order valence-corrected chi connectivity index (χ2v) is 6.54. The number of aliphatic imine (C=N–C) groups is 1. The number of rotatable bonds is 2. The van der Waals surface area contributed by atoms with E-state index in [4.69, 9.17) is 5.26 Å². The molecule has 2 aromatic rings. The number of nitrogens with zero attached hydrogens (tertiary/aromatic N) is 3. The topological polar surface area (TPSA) is 56.5 Å². The number of thiophene rings is 2. The molecule has 3 heterocycles. The van der Waals surface area contributed by atoms with Gasteiger partial charge in [0, 0.05) is 10.4 Å². The molecule has 0 radical (unpaired) electrons. The van der Waals surface area contributed by atoms with Crippen molar-refractivity contribution in [2.75, 3.05) is 18.0 Å². The Morgan fingerprint density at radius 1 is 1.55 bits per heavy atom. The van der Waals surface area contributed by atoms with Gasteiger partial charge in [0.25, 0.3) is 0 Å². The minimum atomic E-state index is -0.124. The molecule has 3 rings (SSSR count). The first-order valence-corrected chi connectivity index (χ1v) is 7.77. The van der Waals surface area contributed by atoms with Gasteiger partial charge in [-0.1, -0.05) is 6.07 Å². The van der Waals surface area contributed by atoms with Crippen molar-refractivity contribution in [3.05, 3.63) is 38.9 Å². The predicted molar refractivity (Wildman–Crippen MR) is 81.8 cm³/mol. The number of anilines is 1. The number of hydrogen-bond acceptors (Lipinski definition) is 5. The molecule has 0 saturated carbocycles. The van der Waals surface area contributed by atoms with Gasteiger partial charge in [0.15, 0.2) is 0 Å². The summed E-state index contributed by atoms with van der Waals surface area (Å²) in [5.41, 5.74) is 1.81. The lowest BCUT2D eigenvalue weighted by Gasteiger charge is -2.16. The lowest BCUT2D eigenvalue weighted by molar-refractivity contribution is -0.117. The highest BCUT2D eigenvalue weighted by atomic mass is 32.1. The zero-order valence-electron chi connectivity index (χ0n) is 10.8. The van der Waals surface area contributed by atoms with Crippen molar-refractivity contribution in [2.45, 2.75) is 6.92 Å². The highest BCUT2D eigenvalue weighted by Crippen LogP contribution is 2.35. The molecule has 1 aliphatic rings. The van der Waals surface area contributed by atoms with Crippen molar-refractivity contribution in [2.24, 2.45) is 4.99 Å². The first-order chi connectivity index (χ1) is 9.70. The summed E-state index contributed by atoms with van der Waals surface area (Å²) in [5, 5.41) is 11.8. The normalized spacial score (nSPS) is 14.5. The summed E-state index contributed by atoms with van der Waals surface area (Å²) in [6, 6.07) is 8.08. The molecular weight excluding hydrogens is 290 g/mol. The maximum atomic E-state index is 12.2. The molecule has 1 aliphatic heterocycles. The Kier molecular flexibility index (Phi) is 3.38. The molecule has 0 aromatic carbocycles. The van der Waals surface area contributed by atoms with Crippen molar-refractivity contribution < 1.29 is 4.79 Å². The van der Waals surface area contributed by atoms with Gasteiger partial charge in [-0.3, -0.25) is 14.7 Å². The second-order valence-electron chi connectivity index (χ2n) is 4.36. The standard InChI is InChI=1S/C14H11N3OS2/c1-9-7-10-13(11-3-2-6-19-11)16-8-12(18)17(5-4-15)14(10)20-9/h2-3,6-7H,5,8H2,1H3. The Hall–Kier alpha value is -1.97. The fourth-order valence-corrected chi connectivity index (χ4v) is 3.93. The van der Waals surface area contributed by atoms with E-state index in [1.807, 2.05) is 30.5 Å². The summed E-state index contributed by atoms with van der Waals surface area (Å²) < 4.78 is 0. The Morgan fingerprint density at radius 2 is 2.40 bits per heavy atom. The van der Waals surface area contributed by atoms with Crippen LogP contribution in [0.15, 0.2) is 28.6 Å². The molecule has 0 fully saturated rings. The van der Waals surface area contributed by atoms with E-state index in [1.165, 1.54) is 16.2 Å². The van der Waals surface area contributed by atoms with E-state index in [1.54, 1.807) is 11.3 Å². The lowest BCUT2D eigenvalue weighted by atomic mass is 10.1. The van der Waals surface area contributed by atoms with E-state index in [9.17, 15) is 4.79 Å². The molecule has 0 N–H and O–H groups in total. The van der Waals surface area contributed by atoms with Crippen LogP contribution in [0.25, 0.3) is 0 Å². The number of amides is 1. The summed E-state index contributed by atoms with van der Waals surface area (Å²) in [6.07, 6.45) is 0. The summed E-state index contributed by atoms with van der Waals surface area (Å²) in [7, 11) is 0. The fraction of sp³-hybridized carbons (Fsp3) is 0.214. The third kappa shape index (κ3) is 2.15. The van der Waals surface area contributed by atoms with Crippen LogP contribution in [0.4, 0.5) is 5.00 Å². The van der Waals surface area contributed by atoms with Crippen LogP contribution in [0.1, 0.15) is 15.3 Å². The van der Waals surface area contributed by atoms with Crippen molar-refractivity contribution in [1.82, 2.24) is 0 Å². The molecule has 0 unspecified atom stereocenters. The number of fused-ring (bicyclic) bond motifs is 1. The number of nitriles is 1. The zero-order valence-corrected chi connectivity index (χ0v) is 12.4. The molecule has 0 saturated heterocycles. The summed E-state index contributed by atoms with van der Waals surface area (Å²) >= 11 is 3.14. The third-order valence-electron chi connectivity index (χ3n) is 2.99. The molecule has 20 heavy (non-hydrogen) atoms. The van der Waals surface area contributed by atoms with Crippen LogP contribution in [0.3, 0.4) is 0 Å². The van der Waals surface area contributed by atoms with E-state index in [2.05, 4.69) is 11.1 Å². The molecule has 1 amide bonds. The van der Waals surface area contributed by atoms with Crippen molar-refractivity contribution in [3.63, 3.8) is 0 Å². The van der Waals surface area contributed by atoms with Gasteiger partial charge in [0.05, 0.1) is 16.7 Å². The maximum Gasteiger partial charge on any atom is 0.250 e. The lowest BCUT2D eigenvalue weighted by Crippen LogP contribution is -2.32. The van der Waals surface area contributed by atoms with E-state index in [-0.39, 0.29) is 19.0 Å². The van der Waals surface area contributed by atoms with Gasteiger partial charge in [0.1, 0.15) is 18.1 Å². The third-order valence-corrected chi connectivity index (χ3v) is 4.94. The van der Waals surface area contributed by atoms with Crippen molar-refractivity contribution >= 4 is 39.3 Å². The smallest absolute Gasteiger partial charge is 0.250 e. The molecule has 0 aliphatic carbocycles. The number of carbonyl (C=O) groups excluding carboxylic acids is 1. The fourth-order valence-electron chi connectivity index (χ4n) is 2.16. The van der Waals surface area contributed by atoms with E-state index in [0.29, 0.717) is 0 Å². The minimum Gasteiger partial charge on any atom is -0.288 e. The second kappa shape index (κ2) is 5.19. The molecule has 0 spiro atoms. The van der Waals surface area contributed by atoms with E-state index < -0.39 is 0 Å². The number of carbonyl (C=O) groups is 1. The molecule has 100 valence electrons. The highest BCUT2D eigenvalue weighted by Gasteiger charge is 2.27. The van der Waals surface area contributed by atoms with Gasteiger partial charge in [0.2, 0.25) is 5.91 Å². The Labute approximate surface area is 124 Å². The van der Waals surface area contributed by atoms with Crippen LogP contribution in [0.5, 0.6) is 0 Å². The van der Waals surface area contributed by atoms with E-state index >= 15 is 0 Å². The monoisotopic (exact) mass is 301 g/mol. The van der Waals surface area contributed by atoms with Crippen molar-refractivity contribution in [3.8, 4) is 6.07 Å². The van der Waals surface area contributed by atoms with Gasteiger partial charge in [-0.05, 0) is 24.4 Å². The maximum absolute atomic E-state index is 12.2. The first-order valence-electron chi connectivity index (χ1n) is 6.07. The Bertz CT molecular complexity index is 722. The SMILES string of the molecule is Cc1cc2c(s1)N(CC#N)C(=O)CN=C2c1cccs1. The van der Waals surface area contributed by atoms with Crippen LogP contribution in [0.2, 0.25) is 0 Å². The highest BCUT2D eigenvalue weighted by molar-refractivity contribution is 7.17. The van der Waals surface area contributed by atoms with Gasteiger partial charge < -0.3 is 0 Å². The average molecular weight is 301 g/mol. The molecule has 0 bridgehead atoms. The quantitative estimate of drug-likeness (QED) is 0.801. The van der Waals surface area contributed by atoms with Gasteiger partial charge in [-0.2, -0.15) is 5.26 Å². The van der Waals surface area contributed by atoms with Gasteiger partial charge in [-0.15, -0.1) is 22.7 Å². The average Bonchev–Trinajstić information content (AvgIpc) is 3.04. The van der Waals surface area contributed by atoms with Gasteiger partial charge in [-0.25, -0.2) is 0 Å². The summed E-state index contributed by atoms with van der Waals surface area (Å²) in [6.45, 7) is 2.16. The molecule has 4 nitrogen and oxygen atoms in total. The molecule has 0 atom stereocenters. The molecule has 2 aromatic heterocycles. The predicted octanol–water partition coefficient (Wildman–Crippen LogP) is 2.83. The summed E-state index contributed by atoms with van der Waals surface area (Å²) in [5.74, 6) is -0.124. The number of aryl methyl sites for hydroxylation is 1. The molecule has 6 heteroatoms. The Balaban J connectivity index is 2.17. The van der Waals surface area contributed by atoms with Crippen LogP contribution in [-0.4, -0.2) is 24.7 Å². The zero-order chi connectivity index (χ0) is 14.1. The molecular formula is C14H11N3OS2. The summed E-state index contributed by atoms with van der Waals surface area (Å²) in [4.78, 5) is 20.3. The largest absolute Gasteiger partial charge is 0.288 e. The van der Waals surface area contributed by atoms with Crippen molar-refractivity contribution in [1.29, 1.82) is 5.26 Å². The van der Waals surface area contributed by atoms with Crippen LogP contribution < -0.4 is 4.90 Å². The van der Waals surface area contributed by atoms with E-state index in [0.717, 1.165) is 26.0 Å². The number of hydrogen-bond donors (Lipinski definition) is 0. The van der Waals surface area contributed by atoms with Gasteiger partial charge >= 0.3 is 0 Å².